The summed E-state index contributed by atoms with van der Waals surface area (Å²) in [4.78, 5) is 25.6. The number of rotatable bonds is 8. The highest BCUT2D eigenvalue weighted by Gasteiger charge is 2.22. The Morgan fingerprint density at radius 3 is 2.06 bits per heavy atom. The summed E-state index contributed by atoms with van der Waals surface area (Å²) in [5.74, 6) is -0.00600. The Bertz CT molecular complexity index is 1320. The van der Waals surface area contributed by atoms with Gasteiger partial charge >= 0.3 is 0 Å². The van der Waals surface area contributed by atoms with Gasteiger partial charge in [-0.05, 0) is 41.5 Å². The van der Waals surface area contributed by atoms with Gasteiger partial charge in [-0.15, -0.1) is 0 Å². The average Bonchev–Trinajstić information content (AvgIpc) is 2.89. The molecule has 176 valence electrons. The third kappa shape index (κ3) is 5.79. The van der Waals surface area contributed by atoms with E-state index in [2.05, 4.69) is 31.3 Å². The summed E-state index contributed by atoms with van der Waals surface area (Å²) in [6, 6.07) is 31.7. The van der Waals surface area contributed by atoms with E-state index in [4.69, 9.17) is 16.3 Å². The van der Waals surface area contributed by atoms with Crippen molar-refractivity contribution in [3.63, 3.8) is 0 Å². The minimum absolute atomic E-state index is 0.159. The van der Waals surface area contributed by atoms with E-state index in [1.807, 2.05) is 48.5 Å². The van der Waals surface area contributed by atoms with Crippen LogP contribution in [-0.2, 0) is 10.2 Å². The summed E-state index contributed by atoms with van der Waals surface area (Å²) in [5.41, 5.74) is 3.43. The first-order valence-corrected chi connectivity index (χ1v) is 11.7. The van der Waals surface area contributed by atoms with E-state index in [1.165, 1.54) is 5.56 Å². The third-order valence-corrected chi connectivity index (χ3v) is 6.21. The molecule has 0 heterocycles. The van der Waals surface area contributed by atoms with Gasteiger partial charge in [0.15, 0.2) is 12.4 Å². The maximum absolute atomic E-state index is 13.0. The van der Waals surface area contributed by atoms with Gasteiger partial charge in [0.05, 0.1) is 5.69 Å². The van der Waals surface area contributed by atoms with E-state index < -0.39 is 0 Å². The minimum Gasteiger partial charge on any atom is -0.484 e. The summed E-state index contributed by atoms with van der Waals surface area (Å²) in [5, 5.41) is 3.19. The summed E-state index contributed by atoms with van der Waals surface area (Å²) in [7, 11) is 0. The smallest absolute Gasteiger partial charge is 0.262 e. The lowest BCUT2D eigenvalue weighted by Gasteiger charge is -2.26. The van der Waals surface area contributed by atoms with Crippen LogP contribution in [-0.4, -0.2) is 18.3 Å². The molecule has 0 saturated carbocycles. The minimum atomic E-state index is -0.372. The predicted octanol–water partition coefficient (Wildman–Crippen LogP) is 6.91. The van der Waals surface area contributed by atoms with Crippen LogP contribution in [0.15, 0.2) is 103 Å². The molecule has 0 spiro atoms. The number of hydrogen-bond acceptors (Lipinski definition) is 3. The second-order valence-corrected chi connectivity index (χ2v) is 9.17. The van der Waals surface area contributed by atoms with Crippen molar-refractivity contribution in [1.29, 1.82) is 0 Å². The lowest BCUT2D eigenvalue weighted by Crippen LogP contribution is -2.22. The second kappa shape index (κ2) is 10.6. The number of benzene rings is 4. The Kier molecular flexibility index (Phi) is 7.33. The van der Waals surface area contributed by atoms with E-state index in [9.17, 15) is 9.59 Å². The van der Waals surface area contributed by atoms with Gasteiger partial charge in [0.1, 0.15) is 5.75 Å². The van der Waals surface area contributed by atoms with E-state index in [0.29, 0.717) is 27.6 Å². The molecule has 0 atom stereocenters. The Morgan fingerprint density at radius 1 is 0.800 bits per heavy atom. The number of carbonyl (C=O) groups is 2. The van der Waals surface area contributed by atoms with E-state index in [1.54, 1.807) is 42.5 Å². The number of ketones is 1. The molecule has 1 N–H and O–H groups in total. The average molecular weight is 484 g/mol. The highest BCUT2D eigenvalue weighted by Crippen LogP contribution is 2.32. The van der Waals surface area contributed by atoms with Crippen LogP contribution in [0.4, 0.5) is 5.69 Å². The first-order chi connectivity index (χ1) is 16.8. The first-order valence-electron chi connectivity index (χ1n) is 11.3. The summed E-state index contributed by atoms with van der Waals surface area (Å²) < 4.78 is 5.70. The van der Waals surface area contributed by atoms with Gasteiger partial charge in [-0.3, -0.25) is 9.59 Å². The van der Waals surface area contributed by atoms with Crippen molar-refractivity contribution in [2.75, 3.05) is 11.9 Å². The van der Waals surface area contributed by atoms with Crippen LogP contribution < -0.4 is 10.1 Å². The van der Waals surface area contributed by atoms with Gasteiger partial charge in [0.2, 0.25) is 0 Å². The fourth-order valence-electron chi connectivity index (χ4n) is 3.88. The van der Waals surface area contributed by atoms with Crippen molar-refractivity contribution < 1.29 is 14.3 Å². The summed E-state index contributed by atoms with van der Waals surface area (Å²) >= 11 is 6.12. The number of nitrogens with one attached hydrogen (secondary N) is 1. The van der Waals surface area contributed by atoms with Gasteiger partial charge in [0.25, 0.3) is 5.91 Å². The van der Waals surface area contributed by atoms with E-state index in [-0.39, 0.29) is 23.7 Å². The molecule has 0 aromatic heterocycles. The van der Waals surface area contributed by atoms with Crippen LogP contribution in [0.5, 0.6) is 5.75 Å². The molecule has 0 saturated heterocycles. The van der Waals surface area contributed by atoms with Gasteiger partial charge in [-0.25, -0.2) is 0 Å². The molecule has 0 aliphatic heterocycles. The lowest BCUT2D eigenvalue weighted by molar-refractivity contribution is -0.118. The maximum atomic E-state index is 13.0. The van der Waals surface area contributed by atoms with Crippen LogP contribution in [0, 0.1) is 0 Å². The molecule has 4 rings (SSSR count). The summed E-state index contributed by atoms with van der Waals surface area (Å²) in [6.07, 6.45) is 0. The normalized spacial score (nSPS) is 11.1. The van der Waals surface area contributed by atoms with E-state index in [0.717, 1.165) is 5.56 Å². The van der Waals surface area contributed by atoms with Crippen LogP contribution in [0.3, 0.4) is 0 Å². The quantitative estimate of drug-likeness (QED) is 0.277. The Balaban J connectivity index is 1.42. The molecule has 0 aliphatic carbocycles. The number of ether oxygens (including phenoxy) is 1. The Morgan fingerprint density at radius 2 is 1.40 bits per heavy atom. The standard InChI is InChI=1S/C30H26ClNO3/c1-30(2,22-11-7-4-8-12-22)23-13-16-25(17-14-23)35-20-28(33)32-27-18-15-24(31)19-26(27)29(34)21-9-5-3-6-10-21/h3-19H,20H2,1-2H3,(H,32,33). The SMILES string of the molecule is CC(C)(c1ccccc1)c1ccc(OCC(=O)Nc2ccc(Cl)cc2C(=O)c2ccccc2)cc1. The molecule has 1 amide bonds. The molecule has 0 bridgehead atoms. The van der Waals surface area contributed by atoms with Gasteiger partial charge in [-0.2, -0.15) is 0 Å². The molecule has 0 aliphatic rings. The molecular formula is C30H26ClNO3. The lowest BCUT2D eigenvalue weighted by atomic mass is 9.78. The van der Waals surface area contributed by atoms with Crippen LogP contribution in [0.1, 0.15) is 40.9 Å². The van der Waals surface area contributed by atoms with Crippen LogP contribution in [0.2, 0.25) is 5.02 Å². The molecule has 0 fully saturated rings. The van der Waals surface area contributed by atoms with Gasteiger partial charge in [0, 0.05) is 21.6 Å². The zero-order chi connectivity index (χ0) is 24.8. The van der Waals surface area contributed by atoms with Crippen molar-refractivity contribution in [3.8, 4) is 5.75 Å². The number of halogens is 1. The zero-order valence-electron chi connectivity index (χ0n) is 19.6. The van der Waals surface area contributed by atoms with Gasteiger partial charge in [-0.1, -0.05) is 98.2 Å². The monoisotopic (exact) mass is 483 g/mol. The molecule has 0 radical (unpaired) electrons. The van der Waals surface area contributed by atoms with Crippen LogP contribution in [0.25, 0.3) is 0 Å². The van der Waals surface area contributed by atoms with Crippen molar-refractivity contribution in [1.82, 2.24) is 0 Å². The number of hydrogen-bond donors (Lipinski definition) is 1. The number of anilines is 1. The number of carbonyl (C=O) groups excluding carboxylic acids is 2. The fraction of sp³-hybridized carbons (Fsp3) is 0.133. The molecule has 4 aromatic carbocycles. The Hall–Kier alpha value is -3.89. The largest absolute Gasteiger partial charge is 0.484 e. The zero-order valence-corrected chi connectivity index (χ0v) is 20.4. The summed E-state index contributed by atoms with van der Waals surface area (Å²) in [6.45, 7) is 4.15. The fourth-order valence-corrected chi connectivity index (χ4v) is 4.05. The molecule has 35 heavy (non-hydrogen) atoms. The highest BCUT2D eigenvalue weighted by molar-refractivity contribution is 6.31. The molecule has 5 heteroatoms. The highest BCUT2D eigenvalue weighted by atomic mass is 35.5. The van der Waals surface area contributed by atoms with Crippen LogP contribution >= 0.6 is 11.6 Å². The van der Waals surface area contributed by atoms with Crippen molar-refractivity contribution in [3.05, 3.63) is 130 Å². The Labute approximate surface area is 210 Å². The van der Waals surface area contributed by atoms with Gasteiger partial charge < -0.3 is 10.1 Å². The molecule has 0 unspecified atom stereocenters. The van der Waals surface area contributed by atoms with Crippen molar-refractivity contribution in [2.45, 2.75) is 19.3 Å². The molecule has 4 aromatic rings. The molecule has 4 nitrogen and oxygen atoms in total. The second-order valence-electron chi connectivity index (χ2n) is 8.74. The first kappa shape index (κ1) is 24.2. The molecular weight excluding hydrogens is 458 g/mol. The van der Waals surface area contributed by atoms with Crippen molar-refractivity contribution in [2.24, 2.45) is 0 Å². The maximum Gasteiger partial charge on any atom is 0.262 e. The van der Waals surface area contributed by atoms with Crippen molar-refractivity contribution >= 4 is 29.0 Å². The number of amides is 1. The third-order valence-electron chi connectivity index (χ3n) is 5.98. The topological polar surface area (TPSA) is 55.4 Å². The predicted molar refractivity (Wildman–Crippen MR) is 140 cm³/mol. The van der Waals surface area contributed by atoms with E-state index >= 15 is 0 Å².